The van der Waals surface area contributed by atoms with Crippen LogP contribution in [0.25, 0.3) is 16.6 Å². The molecule has 1 fully saturated rings. The van der Waals surface area contributed by atoms with Crippen molar-refractivity contribution in [2.75, 3.05) is 33.7 Å². The number of aromatic nitrogens is 4. The second-order valence-electron chi connectivity index (χ2n) is 9.11. The molecular weight excluding hydrogens is 422 g/mol. The van der Waals surface area contributed by atoms with E-state index in [1.165, 1.54) is 27.6 Å². The monoisotopic (exact) mass is 459 g/mol. The van der Waals surface area contributed by atoms with Gasteiger partial charge in [0.2, 0.25) is 0 Å². The minimum absolute atomic E-state index is 0.438. The Morgan fingerprint density at radius 2 is 1.88 bits per heavy atom. The zero-order valence-corrected chi connectivity index (χ0v) is 20.8. The third-order valence-electron chi connectivity index (χ3n) is 6.70. The summed E-state index contributed by atoms with van der Waals surface area (Å²) in [7, 11) is 3.75. The summed E-state index contributed by atoms with van der Waals surface area (Å²) in [6.45, 7) is 7.78. The summed E-state index contributed by atoms with van der Waals surface area (Å²) < 4.78 is 1.95. The topological polar surface area (TPSA) is 73.8 Å². The van der Waals surface area contributed by atoms with Crippen LogP contribution in [0.3, 0.4) is 0 Å². The van der Waals surface area contributed by atoms with Gasteiger partial charge in [0.05, 0.1) is 0 Å². The average Bonchev–Trinajstić information content (AvgIpc) is 3.53. The summed E-state index contributed by atoms with van der Waals surface area (Å²) in [6.07, 6.45) is 7.84. The standard InChI is InChI=1S/C25H30N6.C2H7N/c1-18-5-3-4-6-22(18)25-15-26-11-12-31(25)19(2)7-8-20-14-27-24-10-9-21(13-23(20)24)30-16-28-29-17-30;1-3-2/h3-6,9-10,13-14,16-17,19,25-27H,7-8,11-12,15H2,1-2H3;3H,1-2H3. The lowest BCUT2D eigenvalue weighted by atomic mass is 9.95. The lowest BCUT2D eigenvalue weighted by Crippen LogP contribution is -2.49. The highest BCUT2D eigenvalue weighted by molar-refractivity contribution is 5.85. The fourth-order valence-electron chi connectivity index (χ4n) is 4.89. The number of aryl methyl sites for hydroxylation is 2. The Balaban J connectivity index is 0.000000868. The third kappa shape index (κ3) is 5.38. The number of fused-ring (bicyclic) bond motifs is 1. The summed E-state index contributed by atoms with van der Waals surface area (Å²) in [5.74, 6) is 0. The maximum absolute atomic E-state index is 3.93. The lowest BCUT2D eigenvalue weighted by molar-refractivity contribution is 0.109. The molecule has 1 aliphatic heterocycles. The van der Waals surface area contributed by atoms with Crippen LogP contribution in [0.2, 0.25) is 0 Å². The maximum atomic E-state index is 3.93. The molecule has 180 valence electrons. The molecule has 7 heteroatoms. The van der Waals surface area contributed by atoms with Gasteiger partial charge in [-0.15, -0.1) is 10.2 Å². The van der Waals surface area contributed by atoms with Gasteiger partial charge in [0.25, 0.3) is 0 Å². The van der Waals surface area contributed by atoms with Crippen molar-refractivity contribution >= 4 is 10.9 Å². The van der Waals surface area contributed by atoms with Gasteiger partial charge in [0.1, 0.15) is 12.7 Å². The molecule has 4 aromatic rings. The molecule has 0 bridgehead atoms. The van der Waals surface area contributed by atoms with E-state index in [4.69, 9.17) is 0 Å². The van der Waals surface area contributed by atoms with E-state index < -0.39 is 0 Å². The predicted octanol–water partition coefficient (Wildman–Crippen LogP) is 3.86. The van der Waals surface area contributed by atoms with Crippen LogP contribution in [-0.4, -0.2) is 64.4 Å². The van der Waals surface area contributed by atoms with Gasteiger partial charge in [0.15, 0.2) is 0 Å². The highest BCUT2D eigenvalue weighted by Gasteiger charge is 2.28. The quantitative estimate of drug-likeness (QED) is 0.408. The van der Waals surface area contributed by atoms with Crippen molar-refractivity contribution in [3.63, 3.8) is 0 Å². The first-order valence-electron chi connectivity index (χ1n) is 12.2. The number of H-pyrrole nitrogens is 1. The second kappa shape index (κ2) is 11.4. The number of rotatable bonds is 6. The number of hydrogen-bond acceptors (Lipinski definition) is 5. The molecule has 2 aromatic carbocycles. The largest absolute Gasteiger partial charge is 0.361 e. The Morgan fingerprint density at radius 1 is 1.12 bits per heavy atom. The zero-order valence-electron chi connectivity index (χ0n) is 20.8. The van der Waals surface area contributed by atoms with Crippen LogP contribution in [-0.2, 0) is 6.42 Å². The number of hydrogen-bond donors (Lipinski definition) is 3. The molecule has 0 amide bonds. The van der Waals surface area contributed by atoms with Gasteiger partial charge in [0, 0.05) is 54.5 Å². The first-order chi connectivity index (χ1) is 16.6. The minimum Gasteiger partial charge on any atom is -0.361 e. The van der Waals surface area contributed by atoms with Crippen LogP contribution in [0.15, 0.2) is 61.3 Å². The fraction of sp³-hybridized carbons (Fsp3) is 0.407. The maximum Gasteiger partial charge on any atom is 0.123 e. The Morgan fingerprint density at radius 3 is 2.65 bits per heavy atom. The molecule has 3 heterocycles. The van der Waals surface area contributed by atoms with Crippen molar-refractivity contribution in [2.24, 2.45) is 0 Å². The van der Waals surface area contributed by atoms with Gasteiger partial charge >= 0.3 is 0 Å². The Kier molecular flexibility index (Phi) is 8.11. The molecular formula is C27H37N7. The van der Waals surface area contributed by atoms with E-state index in [-0.39, 0.29) is 0 Å². The molecule has 1 aliphatic rings. The van der Waals surface area contributed by atoms with E-state index in [0.29, 0.717) is 12.1 Å². The van der Waals surface area contributed by atoms with Crippen molar-refractivity contribution < 1.29 is 0 Å². The number of nitrogens with zero attached hydrogens (tertiary/aromatic N) is 4. The van der Waals surface area contributed by atoms with Gasteiger partial charge in [-0.2, -0.15) is 0 Å². The third-order valence-corrected chi connectivity index (χ3v) is 6.70. The molecule has 0 radical (unpaired) electrons. The molecule has 0 spiro atoms. The SMILES string of the molecule is CNC.Cc1ccccc1C1CNCCN1C(C)CCc1c[nH]c2ccc(-n3cnnc3)cc12. The molecule has 0 aliphatic carbocycles. The van der Waals surface area contributed by atoms with Crippen LogP contribution in [0.4, 0.5) is 0 Å². The van der Waals surface area contributed by atoms with Crippen LogP contribution >= 0.6 is 0 Å². The van der Waals surface area contributed by atoms with Crippen molar-refractivity contribution in [3.8, 4) is 5.69 Å². The van der Waals surface area contributed by atoms with E-state index in [0.717, 1.165) is 38.2 Å². The highest BCUT2D eigenvalue weighted by atomic mass is 15.2. The molecule has 5 rings (SSSR count). The predicted molar refractivity (Wildman–Crippen MR) is 139 cm³/mol. The summed E-state index contributed by atoms with van der Waals surface area (Å²) in [5, 5.41) is 15.5. The van der Waals surface area contributed by atoms with Crippen molar-refractivity contribution in [2.45, 2.75) is 38.8 Å². The summed E-state index contributed by atoms with van der Waals surface area (Å²) >= 11 is 0. The molecule has 7 nitrogen and oxygen atoms in total. The number of piperazine rings is 1. The zero-order chi connectivity index (χ0) is 23.9. The Bertz CT molecular complexity index is 1160. The Labute approximate surface area is 202 Å². The Hall–Kier alpha value is -3.00. The second-order valence-corrected chi connectivity index (χ2v) is 9.11. The number of benzene rings is 2. The van der Waals surface area contributed by atoms with Gasteiger partial charge < -0.3 is 15.6 Å². The normalized spacial score (nSPS) is 17.4. The summed E-state index contributed by atoms with van der Waals surface area (Å²) in [6, 6.07) is 16.2. The first-order valence-corrected chi connectivity index (χ1v) is 12.2. The van der Waals surface area contributed by atoms with Crippen molar-refractivity contribution in [3.05, 3.63) is 78.0 Å². The first kappa shape index (κ1) is 24.1. The minimum atomic E-state index is 0.438. The van der Waals surface area contributed by atoms with E-state index >= 15 is 0 Å². The summed E-state index contributed by atoms with van der Waals surface area (Å²) in [4.78, 5) is 6.13. The van der Waals surface area contributed by atoms with Crippen molar-refractivity contribution in [1.82, 2.24) is 35.3 Å². The van der Waals surface area contributed by atoms with E-state index in [2.05, 4.69) is 93.2 Å². The van der Waals surface area contributed by atoms with Crippen LogP contribution in [0.5, 0.6) is 0 Å². The van der Waals surface area contributed by atoms with Gasteiger partial charge in [-0.3, -0.25) is 9.47 Å². The number of nitrogens with one attached hydrogen (secondary N) is 3. The summed E-state index contributed by atoms with van der Waals surface area (Å²) in [5.41, 5.74) is 6.48. The van der Waals surface area contributed by atoms with E-state index in [1.54, 1.807) is 12.7 Å². The molecule has 2 unspecified atom stereocenters. The fourth-order valence-corrected chi connectivity index (χ4v) is 4.89. The van der Waals surface area contributed by atoms with Crippen LogP contribution in [0, 0.1) is 6.92 Å². The number of aromatic amines is 1. The molecule has 2 aromatic heterocycles. The van der Waals surface area contributed by atoms with Gasteiger partial charge in [-0.25, -0.2) is 0 Å². The lowest BCUT2D eigenvalue weighted by Gasteiger charge is -2.41. The smallest absolute Gasteiger partial charge is 0.123 e. The van der Waals surface area contributed by atoms with Crippen LogP contribution in [0.1, 0.15) is 36.1 Å². The van der Waals surface area contributed by atoms with Crippen molar-refractivity contribution in [1.29, 1.82) is 0 Å². The average molecular weight is 460 g/mol. The molecule has 34 heavy (non-hydrogen) atoms. The molecule has 2 atom stereocenters. The van der Waals surface area contributed by atoms with E-state index in [1.807, 2.05) is 18.7 Å². The molecule has 3 N–H and O–H groups in total. The highest BCUT2D eigenvalue weighted by Crippen LogP contribution is 2.29. The van der Waals surface area contributed by atoms with Gasteiger partial charge in [-0.1, -0.05) is 24.3 Å². The van der Waals surface area contributed by atoms with E-state index in [9.17, 15) is 0 Å². The van der Waals surface area contributed by atoms with Gasteiger partial charge in [-0.05, 0) is 75.7 Å². The molecule has 0 saturated carbocycles. The molecule has 1 saturated heterocycles. The van der Waals surface area contributed by atoms with Crippen LogP contribution < -0.4 is 10.6 Å².